The molecule has 1 amide bonds. The van der Waals surface area contributed by atoms with E-state index >= 15 is 0 Å². The number of nitrogens with two attached hydrogens (primary N) is 1. The van der Waals surface area contributed by atoms with Gasteiger partial charge in [0.1, 0.15) is 0 Å². The highest BCUT2D eigenvalue weighted by Crippen LogP contribution is 2.60. The van der Waals surface area contributed by atoms with E-state index < -0.39 is 0 Å². The Hall–Kier alpha value is -0.570. The summed E-state index contributed by atoms with van der Waals surface area (Å²) in [6.07, 6.45) is 8.07. The van der Waals surface area contributed by atoms with Crippen molar-refractivity contribution in [1.29, 1.82) is 0 Å². The van der Waals surface area contributed by atoms with Gasteiger partial charge in [-0.2, -0.15) is 0 Å². The summed E-state index contributed by atoms with van der Waals surface area (Å²) >= 11 is 0. The van der Waals surface area contributed by atoms with Crippen molar-refractivity contribution in [2.45, 2.75) is 65.7 Å². The van der Waals surface area contributed by atoms with Gasteiger partial charge in [-0.05, 0) is 67.7 Å². The molecule has 0 aromatic rings. The summed E-state index contributed by atoms with van der Waals surface area (Å²) in [5.41, 5.74) is 6.45. The van der Waals surface area contributed by atoms with Crippen LogP contribution in [-0.2, 0) is 4.79 Å². The van der Waals surface area contributed by atoms with Crippen molar-refractivity contribution in [3.63, 3.8) is 0 Å². The maximum Gasteiger partial charge on any atom is 0.220 e. The summed E-state index contributed by atoms with van der Waals surface area (Å²) < 4.78 is 0. The number of carbonyl (C=O) groups is 1. The van der Waals surface area contributed by atoms with Gasteiger partial charge < -0.3 is 11.1 Å². The molecule has 2 aliphatic carbocycles. The number of rotatable bonds is 8. The van der Waals surface area contributed by atoms with Crippen LogP contribution >= 0.6 is 0 Å². The smallest absolute Gasteiger partial charge is 0.220 e. The van der Waals surface area contributed by atoms with Crippen molar-refractivity contribution < 1.29 is 4.79 Å². The molecule has 2 rings (SSSR count). The van der Waals surface area contributed by atoms with Crippen molar-refractivity contribution in [2.75, 3.05) is 13.1 Å². The van der Waals surface area contributed by atoms with Crippen LogP contribution in [0.2, 0.25) is 0 Å². The van der Waals surface area contributed by atoms with Crippen LogP contribution in [0.15, 0.2) is 0 Å². The van der Waals surface area contributed by atoms with Crippen LogP contribution in [0, 0.1) is 22.7 Å². The Bertz CT molecular complexity index is 337. The molecule has 2 aliphatic rings. The summed E-state index contributed by atoms with van der Waals surface area (Å²) in [6.45, 7) is 8.38. The molecule has 3 heteroatoms. The normalized spacial score (nSPS) is 22.4. The maximum absolute atomic E-state index is 12.1. The van der Waals surface area contributed by atoms with E-state index in [1.807, 2.05) is 0 Å². The minimum atomic E-state index is 0.239. The Morgan fingerprint density at radius 1 is 1.30 bits per heavy atom. The van der Waals surface area contributed by atoms with Crippen LogP contribution in [0.5, 0.6) is 0 Å². The molecule has 0 aliphatic heterocycles. The Labute approximate surface area is 124 Å². The van der Waals surface area contributed by atoms with Gasteiger partial charge in [0.05, 0.1) is 0 Å². The van der Waals surface area contributed by atoms with E-state index in [0.717, 1.165) is 25.3 Å². The van der Waals surface area contributed by atoms with Crippen LogP contribution in [-0.4, -0.2) is 19.0 Å². The highest BCUT2D eigenvalue weighted by Gasteiger charge is 2.53. The molecule has 3 nitrogen and oxygen atoms in total. The molecule has 0 spiro atoms. The third-order valence-electron chi connectivity index (χ3n) is 5.43. The SMILES string of the molecule is CC(C)(C)C(CCN)CCC(=O)NCC1(C2CC2)CC1. The second-order valence-electron chi connectivity index (χ2n) is 8.09. The molecular weight excluding hydrogens is 248 g/mol. The summed E-state index contributed by atoms with van der Waals surface area (Å²) in [5, 5.41) is 3.19. The van der Waals surface area contributed by atoms with Crippen LogP contribution in [0.25, 0.3) is 0 Å². The van der Waals surface area contributed by atoms with Gasteiger partial charge in [0.25, 0.3) is 0 Å². The lowest BCUT2D eigenvalue weighted by molar-refractivity contribution is -0.121. The topological polar surface area (TPSA) is 55.1 Å². The Kier molecular flexibility index (Phi) is 4.78. The van der Waals surface area contributed by atoms with E-state index in [9.17, 15) is 4.79 Å². The van der Waals surface area contributed by atoms with E-state index in [1.165, 1.54) is 25.7 Å². The lowest BCUT2D eigenvalue weighted by atomic mass is 9.76. The predicted molar refractivity (Wildman–Crippen MR) is 83.3 cm³/mol. The van der Waals surface area contributed by atoms with Gasteiger partial charge in [-0.1, -0.05) is 20.8 Å². The molecule has 1 atom stereocenters. The first-order valence-corrected chi connectivity index (χ1v) is 8.34. The molecule has 2 saturated carbocycles. The first-order chi connectivity index (χ1) is 9.37. The highest BCUT2D eigenvalue weighted by atomic mass is 16.1. The average Bonchev–Trinajstić information content (AvgIpc) is 3.23. The average molecular weight is 280 g/mol. The molecule has 20 heavy (non-hydrogen) atoms. The second kappa shape index (κ2) is 6.05. The predicted octanol–water partition coefficient (Wildman–Crippen LogP) is 3.08. The Morgan fingerprint density at radius 3 is 2.40 bits per heavy atom. The summed E-state index contributed by atoms with van der Waals surface area (Å²) in [4.78, 5) is 12.1. The summed E-state index contributed by atoms with van der Waals surface area (Å²) in [5.74, 6) is 1.70. The first kappa shape index (κ1) is 15.8. The molecule has 0 saturated heterocycles. The van der Waals surface area contributed by atoms with Crippen molar-refractivity contribution in [1.82, 2.24) is 5.32 Å². The monoisotopic (exact) mass is 280 g/mol. The molecule has 1 unspecified atom stereocenters. The number of amides is 1. The Balaban J connectivity index is 1.68. The quantitative estimate of drug-likeness (QED) is 0.718. The van der Waals surface area contributed by atoms with Crippen LogP contribution in [0.4, 0.5) is 0 Å². The first-order valence-electron chi connectivity index (χ1n) is 8.34. The van der Waals surface area contributed by atoms with Gasteiger partial charge in [0.2, 0.25) is 5.91 Å². The number of nitrogens with one attached hydrogen (secondary N) is 1. The molecule has 116 valence electrons. The molecular formula is C17H32N2O. The zero-order chi connectivity index (χ0) is 14.8. The van der Waals surface area contributed by atoms with Crippen molar-refractivity contribution in [2.24, 2.45) is 28.4 Å². The molecule has 0 bridgehead atoms. The van der Waals surface area contributed by atoms with Gasteiger partial charge in [-0.3, -0.25) is 4.79 Å². The van der Waals surface area contributed by atoms with Gasteiger partial charge in [-0.15, -0.1) is 0 Å². The summed E-state index contributed by atoms with van der Waals surface area (Å²) in [6, 6.07) is 0. The zero-order valence-electron chi connectivity index (χ0n) is 13.5. The van der Waals surface area contributed by atoms with Gasteiger partial charge in [-0.25, -0.2) is 0 Å². The lowest BCUT2D eigenvalue weighted by Crippen LogP contribution is -2.32. The van der Waals surface area contributed by atoms with Crippen LogP contribution < -0.4 is 11.1 Å². The van der Waals surface area contributed by atoms with Crippen molar-refractivity contribution in [3.8, 4) is 0 Å². The highest BCUT2D eigenvalue weighted by molar-refractivity contribution is 5.75. The third kappa shape index (κ3) is 4.21. The van der Waals surface area contributed by atoms with E-state index in [2.05, 4.69) is 26.1 Å². The minimum absolute atomic E-state index is 0.239. The van der Waals surface area contributed by atoms with E-state index in [1.54, 1.807) is 0 Å². The number of hydrogen-bond acceptors (Lipinski definition) is 2. The van der Waals surface area contributed by atoms with Crippen LogP contribution in [0.1, 0.15) is 65.7 Å². The number of hydrogen-bond donors (Lipinski definition) is 2. The van der Waals surface area contributed by atoms with Gasteiger partial charge in [0.15, 0.2) is 0 Å². The maximum atomic E-state index is 12.1. The van der Waals surface area contributed by atoms with E-state index in [4.69, 9.17) is 5.73 Å². The third-order valence-corrected chi connectivity index (χ3v) is 5.43. The fourth-order valence-electron chi connectivity index (χ4n) is 3.47. The van der Waals surface area contributed by atoms with Crippen molar-refractivity contribution in [3.05, 3.63) is 0 Å². The second-order valence-corrected chi connectivity index (χ2v) is 8.09. The van der Waals surface area contributed by atoms with E-state index in [0.29, 0.717) is 24.3 Å². The van der Waals surface area contributed by atoms with Crippen LogP contribution in [0.3, 0.4) is 0 Å². The molecule has 0 heterocycles. The lowest BCUT2D eigenvalue weighted by Gasteiger charge is -2.30. The van der Waals surface area contributed by atoms with Gasteiger partial charge in [0, 0.05) is 13.0 Å². The number of carbonyl (C=O) groups excluding carboxylic acids is 1. The molecule has 0 aromatic heterocycles. The Morgan fingerprint density at radius 2 is 1.95 bits per heavy atom. The fraction of sp³-hybridized carbons (Fsp3) is 0.941. The zero-order valence-corrected chi connectivity index (χ0v) is 13.5. The summed E-state index contributed by atoms with van der Waals surface area (Å²) in [7, 11) is 0. The molecule has 0 aromatic carbocycles. The largest absolute Gasteiger partial charge is 0.356 e. The van der Waals surface area contributed by atoms with Gasteiger partial charge >= 0.3 is 0 Å². The molecule has 0 radical (unpaired) electrons. The minimum Gasteiger partial charge on any atom is -0.356 e. The fourth-order valence-corrected chi connectivity index (χ4v) is 3.47. The standard InChI is InChI=1S/C17H32N2O/c1-16(2,3)13(8-11-18)6-7-15(20)19-12-17(9-10-17)14-4-5-14/h13-14H,4-12,18H2,1-3H3,(H,19,20). The molecule has 3 N–H and O–H groups in total. The molecule has 2 fully saturated rings. The van der Waals surface area contributed by atoms with E-state index in [-0.39, 0.29) is 11.3 Å². The van der Waals surface area contributed by atoms with Crippen molar-refractivity contribution >= 4 is 5.91 Å².